The first-order valence-corrected chi connectivity index (χ1v) is 7.40. The monoisotopic (exact) mass is 306 g/mol. The Morgan fingerprint density at radius 3 is 2.57 bits per heavy atom. The van der Waals surface area contributed by atoms with Gasteiger partial charge in [0.2, 0.25) is 0 Å². The molecule has 3 nitrogen and oxygen atoms in total. The lowest BCUT2D eigenvalue weighted by atomic mass is 10.2. The van der Waals surface area contributed by atoms with E-state index in [1.165, 1.54) is 17.7 Å². The average Bonchev–Trinajstić information content (AvgIpc) is 2.45. The van der Waals surface area contributed by atoms with Crippen molar-refractivity contribution in [2.75, 3.05) is 12.4 Å². The van der Waals surface area contributed by atoms with Crippen molar-refractivity contribution in [2.45, 2.75) is 11.8 Å². The van der Waals surface area contributed by atoms with E-state index >= 15 is 0 Å². The van der Waals surface area contributed by atoms with E-state index in [2.05, 4.69) is 0 Å². The minimum atomic E-state index is -1.28. The van der Waals surface area contributed by atoms with Crippen LogP contribution in [0.1, 0.15) is 15.9 Å². The molecule has 0 atom stereocenters. The highest BCUT2D eigenvalue weighted by molar-refractivity contribution is 7.99. The molecule has 21 heavy (non-hydrogen) atoms. The molecule has 0 fully saturated rings. The first-order chi connectivity index (χ1) is 10.1. The van der Waals surface area contributed by atoms with Crippen molar-refractivity contribution in [1.82, 2.24) is 0 Å². The lowest BCUT2D eigenvalue weighted by Gasteiger charge is -2.07. The number of carboxylic acids is 1. The van der Waals surface area contributed by atoms with Gasteiger partial charge in [0, 0.05) is 16.7 Å². The second kappa shape index (κ2) is 7.13. The summed E-state index contributed by atoms with van der Waals surface area (Å²) in [6.07, 6.45) is 0. The van der Waals surface area contributed by atoms with Gasteiger partial charge in [-0.1, -0.05) is 17.7 Å². The molecule has 2 aromatic rings. The van der Waals surface area contributed by atoms with E-state index in [-0.39, 0.29) is 5.56 Å². The largest absolute Gasteiger partial charge is 0.493 e. The summed E-state index contributed by atoms with van der Waals surface area (Å²) in [4.78, 5) is 11.8. The Morgan fingerprint density at radius 1 is 1.24 bits per heavy atom. The lowest BCUT2D eigenvalue weighted by Crippen LogP contribution is -2.03. The fourth-order valence-corrected chi connectivity index (χ4v) is 2.44. The van der Waals surface area contributed by atoms with E-state index in [0.717, 1.165) is 16.7 Å². The molecule has 1 N–H and O–H groups in total. The molecule has 0 aromatic heterocycles. The fraction of sp³-hybridized carbons (Fsp3) is 0.188. The summed E-state index contributed by atoms with van der Waals surface area (Å²) in [5.74, 6) is -1.01. The third-order valence-corrected chi connectivity index (χ3v) is 3.79. The van der Waals surface area contributed by atoms with Gasteiger partial charge in [-0.3, -0.25) is 0 Å². The number of ether oxygens (including phenoxy) is 1. The van der Waals surface area contributed by atoms with Crippen LogP contribution in [0.25, 0.3) is 0 Å². The minimum Gasteiger partial charge on any atom is -0.493 e. The van der Waals surface area contributed by atoms with Crippen LogP contribution in [0.15, 0.2) is 47.4 Å². The second-order valence-electron chi connectivity index (χ2n) is 4.46. The average molecular weight is 306 g/mol. The molecule has 0 amide bonds. The van der Waals surface area contributed by atoms with E-state index in [1.807, 2.05) is 31.2 Å². The number of aryl methyl sites for hydroxylation is 1. The van der Waals surface area contributed by atoms with Gasteiger partial charge in [-0.2, -0.15) is 0 Å². The van der Waals surface area contributed by atoms with Crippen LogP contribution >= 0.6 is 11.8 Å². The fourth-order valence-electron chi connectivity index (χ4n) is 1.71. The molecule has 0 radical (unpaired) electrons. The number of hydrogen-bond donors (Lipinski definition) is 1. The predicted molar refractivity (Wildman–Crippen MR) is 80.8 cm³/mol. The van der Waals surface area contributed by atoms with Gasteiger partial charge < -0.3 is 9.84 Å². The quantitative estimate of drug-likeness (QED) is 0.647. The van der Waals surface area contributed by atoms with E-state index < -0.39 is 11.8 Å². The van der Waals surface area contributed by atoms with Crippen LogP contribution in [0.5, 0.6) is 5.75 Å². The molecule has 0 aliphatic carbocycles. The van der Waals surface area contributed by atoms with E-state index in [4.69, 9.17) is 9.84 Å². The molecule has 0 saturated carbocycles. The lowest BCUT2D eigenvalue weighted by molar-refractivity contribution is 0.0692. The van der Waals surface area contributed by atoms with Gasteiger partial charge in [-0.05, 0) is 31.2 Å². The van der Waals surface area contributed by atoms with Gasteiger partial charge in [0.05, 0.1) is 12.2 Å². The SMILES string of the molecule is Cc1ccc(SCCOc2ccc(C(=O)O)c(F)c2)cc1. The summed E-state index contributed by atoms with van der Waals surface area (Å²) in [5.41, 5.74) is 0.862. The molecule has 0 saturated heterocycles. The summed E-state index contributed by atoms with van der Waals surface area (Å²) in [7, 11) is 0. The maximum absolute atomic E-state index is 13.4. The zero-order chi connectivity index (χ0) is 15.2. The summed E-state index contributed by atoms with van der Waals surface area (Å²) < 4.78 is 18.9. The third-order valence-electron chi connectivity index (χ3n) is 2.81. The topological polar surface area (TPSA) is 46.5 Å². The first-order valence-electron chi connectivity index (χ1n) is 6.41. The Hall–Kier alpha value is -2.01. The smallest absolute Gasteiger partial charge is 0.338 e. The van der Waals surface area contributed by atoms with Crippen LogP contribution in [0.4, 0.5) is 4.39 Å². The van der Waals surface area contributed by atoms with Crippen molar-refractivity contribution in [2.24, 2.45) is 0 Å². The summed E-state index contributed by atoms with van der Waals surface area (Å²) in [6.45, 7) is 2.46. The molecule has 5 heteroatoms. The van der Waals surface area contributed by atoms with Crippen molar-refractivity contribution >= 4 is 17.7 Å². The minimum absolute atomic E-state index is 0.335. The van der Waals surface area contributed by atoms with E-state index in [0.29, 0.717) is 12.4 Å². The van der Waals surface area contributed by atoms with Gasteiger partial charge in [0.15, 0.2) is 0 Å². The second-order valence-corrected chi connectivity index (χ2v) is 5.63. The van der Waals surface area contributed by atoms with Crippen LogP contribution in [-0.2, 0) is 0 Å². The Balaban J connectivity index is 1.82. The highest BCUT2D eigenvalue weighted by Gasteiger charge is 2.10. The standard InChI is InChI=1S/C16H15FO3S/c1-11-2-5-13(6-3-11)21-9-8-20-12-4-7-14(16(18)19)15(17)10-12/h2-7,10H,8-9H2,1H3,(H,18,19). The number of carbonyl (C=O) groups is 1. The van der Waals surface area contributed by atoms with Gasteiger partial charge in [0.1, 0.15) is 11.6 Å². The van der Waals surface area contributed by atoms with Gasteiger partial charge in [-0.15, -0.1) is 11.8 Å². The number of rotatable bonds is 6. The number of hydrogen-bond acceptors (Lipinski definition) is 3. The van der Waals surface area contributed by atoms with Crippen molar-refractivity contribution in [1.29, 1.82) is 0 Å². The van der Waals surface area contributed by atoms with Gasteiger partial charge in [-0.25, -0.2) is 9.18 Å². The highest BCUT2D eigenvalue weighted by atomic mass is 32.2. The molecule has 2 aromatic carbocycles. The number of halogens is 1. The van der Waals surface area contributed by atoms with Crippen LogP contribution in [0, 0.1) is 12.7 Å². The first kappa shape index (κ1) is 15.4. The van der Waals surface area contributed by atoms with E-state index in [1.54, 1.807) is 11.8 Å². The third kappa shape index (κ3) is 4.49. The number of carboxylic acid groups (broad SMARTS) is 1. The Morgan fingerprint density at radius 2 is 1.95 bits per heavy atom. The normalized spacial score (nSPS) is 10.4. The van der Waals surface area contributed by atoms with Crippen LogP contribution in [0.2, 0.25) is 0 Å². The summed E-state index contributed by atoms with van der Waals surface area (Å²) >= 11 is 1.65. The maximum atomic E-state index is 13.4. The van der Waals surface area contributed by atoms with Crippen LogP contribution in [0.3, 0.4) is 0 Å². The molecule has 0 heterocycles. The molecular formula is C16H15FO3S. The molecule has 0 spiro atoms. The number of aromatic carboxylic acids is 1. The van der Waals surface area contributed by atoms with Crippen molar-refractivity contribution in [3.8, 4) is 5.75 Å². The number of thioether (sulfide) groups is 1. The summed E-state index contributed by atoms with van der Waals surface area (Å²) in [5, 5.41) is 8.73. The van der Waals surface area contributed by atoms with Crippen molar-refractivity contribution in [3.05, 3.63) is 59.4 Å². The molecule has 0 bridgehead atoms. The highest BCUT2D eigenvalue weighted by Crippen LogP contribution is 2.20. The molecule has 0 unspecified atom stereocenters. The molecule has 2 rings (SSSR count). The Labute approximate surface area is 126 Å². The van der Waals surface area contributed by atoms with Crippen molar-refractivity contribution in [3.63, 3.8) is 0 Å². The zero-order valence-electron chi connectivity index (χ0n) is 11.5. The van der Waals surface area contributed by atoms with Crippen molar-refractivity contribution < 1.29 is 19.0 Å². The summed E-state index contributed by atoms with van der Waals surface area (Å²) in [6, 6.07) is 11.9. The van der Waals surface area contributed by atoms with E-state index in [9.17, 15) is 9.18 Å². The van der Waals surface area contributed by atoms with Gasteiger partial charge >= 0.3 is 5.97 Å². The molecule has 0 aliphatic rings. The van der Waals surface area contributed by atoms with Crippen LogP contribution < -0.4 is 4.74 Å². The molecule has 0 aliphatic heterocycles. The Kier molecular flexibility index (Phi) is 5.22. The predicted octanol–water partition coefficient (Wildman–Crippen LogP) is 4.00. The zero-order valence-corrected chi connectivity index (χ0v) is 12.3. The van der Waals surface area contributed by atoms with Gasteiger partial charge in [0.25, 0.3) is 0 Å². The number of benzene rings is 2. The maximum Gasteiger partial charge on any atom is 0.338 e. The molecular weight excluding hydrogens is 291 g/mol. The Bertz CT molecular complexity index is 626. The van der Waals surface area contributed by atoms with Crippen LogP contribution in [-0.4, -0.2) is 23.4 Å². The molecule has 110 valence electrons.